The largest absolute Gasteiger partial charge is 0.313 e. The third-order valence-corrected chi connectivity index (χ3v) is 5.24. The van der Waals surface area contributed by atoms with Gasteiger partial charge in [-0.25, -0.2) is 8.42 Å². The van der Waals surface area contributed by atoms with E-state index in [2.05, 4.69) is 12.2 Å². The van der Waals surface area contributed by atoms with Crippen LogP contribution in [0.5, 0.6) is 0 Å². The molecule has 1 saturated carbocycles. The molecule has 1 N–H and O–H groups in total. The van der Waals surface area contributed by atoms with Gasteiger partial charge in [0.1, 0.15) is 0 Å². The van der Waals surface area contributed by atoms with Gasteiger partial charge in [-0.2, -0.15) is 5.26 Å². The van der Waals surface area contributed by atoms with Gasteiger partial charge in [-0.05, 0) is 49.9 Å². The molecule has 1 aliphatic carbocycles. The van der Waals surface area contributed by atoms with Crippen molar-refractivity contribution in [2.75, 3.05) is 12.3 Å². The van der Waals surface area contributed by atoms with E-state index in [0.29, 0.717) is 18.2 Å². The van der Waals surface area contributed by atoms with Crippen LogP contribution in [0.1, 0.15) is 25.3 Å². The Morgan fingerprint density at radius 3 is 2.53 bits per heavy atom. The molecule has 1 fully saturated rings. The first-order valence-electron chi connectivity index (χ1n) is 6.49. The number of hydrogen-bond acceptors (Lipinski definition) is 4. The van der Waals surface area contributed by atoms with E-state index in [9.17, 15) is 8.42 Å². The minimum atomic E-state index is -3.26. The maximum absolute atomic E-state index is 12.1. The highest BCUT2D eigenvalue weighted by molar-refractivity contribution is 7.91. The summed E-state index contributed by atoms with van der Waals surface area (Å²) >= 11 is 0. The monoisotopic (exact) mass is 278 g/mol. The molecule has 102 valence electrons. The molecule has 1 aromatic carbocycles. The van der Waals surface area contributed by atoms with Gasteiger partial charge in [-0.15, -0.1) is 0 Å². The summed E-state index contributed by atoms with van der Waals surface area (Å²) in [5, 5.41) is 11.9. The number of benzene rings is 1. The molecule has 0 saturated heterocycles. The molecule has 0 heterocycles. The molecule has 0 radical (unpaired) electrons. The minimum absolute atomic E-state index is 0.0932. The Balaban J connectivity index is 1.91. The number of nitrogens with one attached hydrogen (secondary N) is 1. The van der Waals surface area contributed by atoms with Gasteiger partial charge in [-0.3, -0.25) is 0 Å². The number of nitrogens with zero attached hydrogens (tertiary/aromatic N) is 1. The van der Waals surface area contributed by atoms with Crippen LogP contribution in [0.15, 0.2) is 29.2 Å². The highest BCUT2D eigenvalue weighted by atomic mass is 32.2. The Morgan fingerprint density at radius 2 is 2.00 bits per heavy atom. The highest BCUT2D eigenvalue weighted by Gasteiger charge is 2.27. The fraction of sp³-hybridized carbons (Fsp3) is 0.500. The van der Waals surface area contributed by atoms with Gasteiger partial charge in [0.2, 0.25) is 0 Å². The lowest BCUT2D eigenvalue weighted by atomic mass is 10.2. The number of hydrogen-bond donors (Lipinski definition) is 1. The van der Waals surface area contributed by atoms with Crippen molar-refractivity contribution in [3.63, 3.8) is 0 Å². The molecular formula is C14H18N2O2S. The molecule has 4 nitrogen and oxygen atoms in total. The summed E-state index contributed by atoms with van der Waals surface area (Å²) in [5.74, 6) is 0.813. The molecule has 0 aromatic heterocycles. The van der Waals surface area contributed by atoms with E-state index in [1.54, 1.807) is 0 Å². The zero-order valence-corrected chi connectivity index (χ0v) is 11.8. The Kier molecular flexibility index (Phi) is 4.23. The topological polar surface area (TPSA) is 70.0 Å². The Labute approximate surface area is 114 Å². The van der Waals surface area contributed by atoms with Gasteiger partial charge in [0, 0.05) is 12.6 Å². The third kappa shape index (κ3) is 3.79. The maximum Gasteiger partial charge on any atom is 0.179 e. The van der Waals surface area contributed by atoms with Crippen LogP contribution in [0.25, 0.3) is 0 Å². The molecular weight excluding hydrogens is 260 g/mol. The van der Waals surface area contributed by atoms with Crippen molar-refractivity contribution in [2.45, 2.75) is 30.7 Å². The van der Waals surface area contributed by atoms with Crippen molar-refractivity contribution in [1.29, 1.82) is 5.26 Å². The van der Waals surface area contributed by atoms with Crippen LogP contribution in [-0.2, 0) is 9.84 Å². The Hall–Kier alpha value is -1.38. The van der Waals surface area contributed by atoms with Gasteiger partial charge >= 0.3 is 0 Å². The average Bonchev–Trinajstić information content (AvgIpc) is 3.23. The molecule has 0 amide bonds. The van der Waals surface area contributed by atoms with Gasteiger partial charge in [0.25, 0.3) is 0 Å². The van der Waals surface area contributed by atoms with E-state index in [1.807, 2.05) is 6.07 Å². The van der Waals surface area contributed by atoms with Crippen molar-refractivity contribution in [1.82, 2.24) is 5.32 Å². The fourth-order valence-corrected chi connectivity index (χ4v) is 3.21. The molecule has 1 aliphatic rings. The van der Waals surface area contributed by atoms with E-state index in [-0.39, 0.29) is 10.6 Å². The molecule has 0 aliphatic heterocycles. The second-order valence-electron chi connectivity index (χ2n) is 5.04. The average molecular weight is 278 g/mol. The zero-order chi connectivity index (χ0) is 13.9. The molecule has 0 bridgehead atoms. The number of nitriles is 1. The van der Waals surface area contributed by atoms with Crippen molar-refractivity contribution >= 4 is 9.84 Å². The summed E-state index contributed by atoms with van der Waals surface area (Å²) in [5.41, 5.74) is 0.472. The summed E-state index contributed by atoms with van der Waals surface area (Å²) in [4.78, 5) is 0.285. The summed E-state index contributed by atoms with van der Waals surface area (Å²) < 4.78 is 24.2. The first-order valence-corrected chi connectivity index (χ1v) is 8.14. The molecule has 1 atom stereocenters. The number of rotatable bonds is 6. The van der Waals surface area contributed by atoms with E-state index in [0.717, 1.165) is 5.92 Å². The van der Waals surface area contributed by atoms with Crippen LogP contribution in [0.4, 0.5) is 0 Å². The standard InChI is InChI=1S/C14H18N2O2S/c1-11(13-4-5-13)16-8-9-19(17,18)14-6-2-12(10-15)3-7-14/h2-3,6-7,11,13,16H,4-5,8-9H2,1H3. The van der Waals surface area contributed by atoms with E-state index in [4.69, 9.17) is 5.26 Å². The van der Waals surface area contributed by atoms with Crippen LogP contribution < -0.4 is 5.32 Å². The predicted molar refractivity (Wildman–Crippen MR) is 73.4 cm³/mol. The molecule has 19 heavy (non-hydrogen) atoms. The Bertz CT molecular complexity index is 568. The van der Waals surface area contributed by atoms with E-state index < -0.39 is 9.84 Å². The van der Waals surface area contributed by atoms with Crippen molar-refractivity contribution < 1.29 is 8.42 Å². The fourth-order valence-electron chi connectivity index (χ4n) is 2.04. The van der Waals surface area contributed by atoms with Crippen LogP contribution in [0, 0.1) is 17.2 Å². The van der Waals surface area contributed by atoms with Crippen molar-refractivity contribution in [3.05, 3.63) is 29.8 Å². The lowest BCUT2D eigenvalue weighted by Gasteiger charge is -2.12. The van der Waals surface area contributed by atoms with Gasteiger partial charge in [0.05, 0.1) is 22.3 Å². The molecule has 0 spiro atoms. The van der Waals surface area contributed by atoms with Crippen molar-refractivity contribution in [3.8, 4) is 6.07 Å². The molecule has 1 aromatic rings. The van der Waals surface area contributed by atoms with Gasteiger partial charge < -0.3 is 5.32 Å². The zero-order valence-electron chi connectivity index (χ0n) is 11.0. The number of sulfone groups is 1. The predicted octanol–water partition coefficient (Wildman–Crippen LogP) is 1.72. The Morgan fingerprint density at radius 1 is 1.37 bits per heavy atom. The quantitative estimate of drug-likeness (QED) is 0.860. The maximum atomic E-state index is 12.1. The van der Waals surface area contributed by atoms with E-state index in [1.165, 1.54) is 37.1 Å². The molecule has 1 unspecified atom stereocenters. The lowest BCUT2D eigenvalue weighted by Crippen LogP contribution is -2.32. The SMILES string of the molecule is CC(NCCS(=O)(=O)c1ccc(C#N)cc1)C1CC1. The second-order valence-corrected chi connectivity index (χ2v) is 7.14. The van der Waals surface area contributed by atoms with Crippen molar-refractivity contribution in [2.24, 2.45) is 5.92 Å². The van der Waals surface area contributed by atoms with E-state index >= 15 is 0 Å². The summed E-state index contributed by atoms with van der Waals surface area (Å²) in [6.45, 7) is 2.58. The van der Waals surface area contributed by atoms with Crippen LogP contribution in [0.3, 0.4) is 0 Å². The lowest BCUT2D eigenvalue weighted by molar-refractivity contribution is 0.509. The summed E-state index contributed by atoms with van der Waals surface area (Å²) in [7, 11) is -3.26. The first-order chi connectivity index (χ1) is 9.03. The summed E-state index contributed by atoms with van der Waals surface area (Å²) in [6, 6.07) is 8.44. The van der Waals surface area contributed by atoms with Gasteiger partial charge in [-0.1, -0.05) is 0 Å². The van der Waals surface area contributed by atoms with Gasteiger partial charge in [0.15, 0.2) is 9.84 Å². The minimum Gasteiger partial charge on any atom is -0.313 e. The summed E-state index contributed by atoms with van der Waals surface area (Å²) in [6.07, 6.45) is 2.49. The molecule has 5 heteroatoms. The van der Waals surface area contributed by atoms with Crippen LogP contribution in [-0.4, -0.2) is 26.8 Å². The smallest absolute Gasteiger partial charge is 0.179 e. The molecule has 2 rings (SSSR count). The highest BCUT2D eigenvalue weighted by Crippen LogP contribution is 2.32. The first kappa shape index (κ1) is 14.0. The van der Waals surface area contributed by atoms with Crippen LogP contribution >= 0.6 is 0 Å². The normalized spacial score (nSPS) is 16.8. The van der Waals surface area contributed by atoms with Crippen LogP contribution in [0.2, 0.25) is 0 Å². The third-order valence-electron chi connectivity index (χ3n) is 3.51. The second kappa shape index (κ2) is 5.72.